The van der Waals surface area contributed by atoms with Crippen molar-refractivity contribution in [2.75, 3.05) is 13.7 Å². The van der Waals surface area contributed by atoms with Crippen molar-refractivity contribution in [3.8, 4) is 5.75 Å². The molecule has 0 aromatic heterocycles. The number of benzene rings is 1. The first-order chi connectivity index (χ1) is 7.60. The third-order valence-electron chi connectivity index (χ3n) is 2.22. The van der Waals surface area contributed by atoms with Crippen LogP contribution in [0.25, 0.3) is 5.57 Å². The van der Waals surface area contributed by atoms with Gasteiger partial charge in [0.05, 0.1) is 18.1 Å². The molecule has 0 fully saturated rings. The second-order valence-corrected chi connectivity index (χ2v) is 3.28. The number of hydrogen-bond donors (Lipinski definition) is 1. The van der Waals surface area contributed by atoms with E-state index in [1.54, 1.807) is 6.07 Å². The molecule has 5 nitrogen and oxygen atoms in total. The monoisotopic (exact) mass is 222 g/mol. The van der Waals surface area contributed by atoms with Crippen LogP contribution in [-0.4, -0.2) is 18.6 Å². The van der Waals surface area contributed by atoms with Crippen molar-refractivity contribution in [1.82, 2.24) is 0 Å². The second-order valence-electron chi connectivity index (χ2n) is 3.28. The van der Waals surface area contributed by atoms with Crippen LogP contribution in [0.5, 0.6) is 5.75 Å². The van der Waals surface area contributed by atoms with Crippen molar-refractivity contribution in [1.29, 1.82) is 0 Å². The number of nitro groups is 1. The van der Waals surface area contributed by atoms with E-state index in [2.05, 4.69) is 6.58 Å². The molecular weight excluding hydrogens is 208 g/mol. The molecule has 0 bridgehead atoms. The van der Waals surface area contributed by atoms with Crippen molar-refractivity contribution >= 4 is 11.3 Å². The van der Waals surface area contributed by atoms with Crippen LogP contribution >= 0.6 is 0 Å². The summed E-state index contributed by atoms with van der Waals surface area (Å²) in [5.41, 5.74) is 7.00. The number of methoxy groups -OCH3 is 1. The first-order valence-electron chi connectivity index (χ1n) is 4.80. The molecular formula is C11H14N2O3. The van der Waals surface area contributed by atoms with Gasteiger partial charge in [-0.1, -0.05) is 6.58 Å². The van der Waals surface area contributed by atoms with Crippen LogP contribution in [0.2, 0.25) is 0 Å². The van der Waals surface area contributed by atoms with Crippen LogP contribution in [0, 0.1) is 10.1 Å². The normalized spacial score (nSPS) is 9.88. The maximum Gasteiger partial charge on any atom is 0.273 e. The van der Waals surface area contributed by atoms with Crippen molar-refractivity contribution < 1.29 is 9.66 Å². The topological polar surface area (TPSA) is 78.4 Å². The highest BCUT2D eigenvalue weighted by Gasteiger charge is 2.12. The molecule has 86 valence electrons. The van der Waals surface area contributed by atoms with Gasteiger partial charge in [-0.3, -0.25) is 10.1 Å². The first-order valence-corrected chi connectivity index (χ1v) is 4.80. The van der Waals surface area contributed by atoms with Gasteiger partial charge >= 0.3 is 0 Å². The maximum absolute atomic E-state index is 10.6. The summed E-state index contributed by atoms with van der Waals surface area (Å²) in [6.07, 6.45) is 0.633. The molecule has 0 saturated heterocycles. The lowest BCUT2D eigenvalue weighted by molar-refractivity contribution is -0.384. The Balaban J connectivity index is 3.11. The van der Waals surface area contributed by atoms with E-state index >= 15 is 0 Å². The number of non-ortho nitro benzene ring substituents is 1. The van der Waals surface area contributed by atoms with E-state index in [0.29, 0.717) is 18.7 Å². The summed E-state index contributed by atoms with van der Waals surface area (Å²) in [5.74, 6) is 0.452. The summed E-state index contributed by atoms with van der Waals surface area (Å²) in [6.45, 7) is 4.35. The third-order valence-corrected chi connectivity index (χ3v) is 2.22. The van der Waals surface area contributed by atoms with Gasteiger partial charge in [-0.15, -0.1) is 0 Å². The fourth-order valence-electron chi connectivity index (χ4n) is 1.39. The zero-order valence-corrected chi connectivity index (χ0v) is 9.10. The predicted octanol–water partition coefficient (Wildman–Crippen LogP) is 1.97. The summed E-state index contributed by atoms with van der Waals surface area (Å²) in [5, 5.41) is 10.6. The summed E-state index contributed by atoms with van der Waals surface area (Å²) >= 11 is 0. The van der Waals surface area contributed by atoms with Crippen molar-refractivity contribution in [2.24, 2.45) is 5.73 Å². The molecule has 1 rings (SSSR count). The van der Waals surface area contributed by atoms with E-state index in [0.717, 1.165) is 11.1 Å². The Bertz CT molecular complexity index is 416. The molecule has 0 radical (unpaired) electrons. The summed E-state index contributed by atoms with van der Waals surface area (Å²) < 4.78 is 5.10. The lowest BCUT2D eigenvalue weighted by atomic mass is 10.0. The van der Waals surface area contributed by atoms with Crippen LogP contribution in [0.1, 0.15) is 12.0 Å². The van der Waals surface area contributed by atoms with Gasteiger partial charge in [-0.2, -0.15) is 0 Å². The highest BCUT2D eigenvalue weighted by atomic mass is 16.6. The lowest BCUT2D eigenvalue weighted by Gasteiger charge is -2.09. The number of nitro benzene ring substituents is 1. The molecule has 0 aliphatic rings. The molecule has 0 heterocycles. The molecule has 5 heteroatoms. The lowest BCUT2D eigenvalue weighted by Crippen LogP contribution is -2.01. The summed E-state index contributed by atoms with van der Waals surface area (Å²) in [7, 11) is 1.47. The maximum atomic E-state index is 10.6. The van der Waals surface area contributed by atoms with Crippen molar-refractivity contribution in [2.45, 2.75) is 6.42 Å². The van der Waals surface area contributed by atoms with Crippen LogP contribution in [-0.2, 0) is 0 Å². The minimum Gasteiger partial charge on any atom is -0.496 e. The van der Waals surface area contributed by atoms with Gasteiger partial charge in [0.25, 0.3) is 5.69 Å². The molecule has 1 aromatic rings. The molecule has 0 amide bonds. The fraction of sp³-hybridized carbons (Fsp3) is 0.273. The molecule has 0 atom stereocenters. The van der Waals surface area contributed by atoms with E-state index in [1.165, 1.54) is 19.2 Å². The van der Waals surface area contributed by atoms with Gasteiger partial charge in [0.2, 0.25) is 0 Å². The van der Waals surface area contributed by atoms with Crippen LogP contribution in [0.15, 0.2) is 24.8 Å². The number of rotatable bonds is 5. The van der Waals surface area contributed by atoms with Crippen LogP contribution in [0.3, 0.4) is 0 Å². The van der Waals surface area contributed by atoms with Crippen molar-refractivity contribution in [3.63, 3.8) is 0 Å². The Morgan fingerprint density at radius 2 is 2.31 bits per heavy atom. The first kappa shape index (κ1) is 12.2. The van der Waals surface area contributed by atoms with Gasteiger partial charge in [-0.25, -0.2) is 0 Å². The molecule has 0 aliphatic heterocycles. The molecule has 16 heavy (non-hydrogen) atoms. The zero-order valence-electron chi connectivity index (χ0n) is 9.10. The number of nitrogens with zero attached hydrogens (tertiary/aromatic N) is 1. The van der Waals surface area contributed by atoms with E-state index in [4.69, 9.17) is 10.5 Å². The van der Waals surface area contributed by atoms with Gasteiger partial charge in [0, 0.05) is 11.6 Å². The van der Waals surface area contributed by atoms with Crippen molar-refractivity contribution in [3.05, 3.63) is 40.5 Å². The predicted molar refractivity (Wildman–Crippen MR) is 62.4 cm³/mol. The molecule has 2 N–H and O–H groups in total. The van der Waals surface area contributed by atoms with Gasteiger partial charge < -0.3 is 10.5 Å². The van der Waals surface area contributed by atoms with Crippen LogP contribution < -0.4 is 10.5 Å². The Hall–Kier alpha value is -1.88. The second kappa shape index (κ2) is 5.27. The highest BCUT2D eigenvalue weighted by Crippen LogP contribution is 2.30. The number of nitrogens with two attached hydrogens (primary N) is 1. The molecule has 0 unspecified atom stereocenters. The average molecular weight is 222 g/mol. The van der Waals surface area contributed by atoms with E-state index < -0.39 is 4.92 Å². The van der Waals surface area contributed by atoms with Crippen LogP contribution in [0.4, 0.5) is 5.69 Å². The summed E-state index contributed by atoms with van der Waals surface area (Å²) in [4.78, 5) is 10.1. The zero-order chi connectivity index (χ0) is 12.1. The minimum absolute atomic E-state index is 0.00106. The quantitative estimate of drug-likeness (QED) is 0.610. The highest BCUT2D eigenvalue weighted by molar-refractivity contribution is 5.70. The Labute approximate surface area is 93.7 Å². The molecule has 0 saturated carbocycles. The van der Waals surface area contributed by atoms with E-state index in [1.807, 2.05) is 0 Å². The largest absolute Gasteiger partial charge is 0.496 e. The molecule has 0 spiro atoms. The summed E-state index contributed by atoms with van der Waals surface area (Å²) in [6, 6.07) is 4.45. The molecule has 1 aromatic carbocycles. The number of ether oxygens (including phenoxy) is 1. The van der Waals surface area contributed by atoms with Gasteiger partial charge in [0.15, 0.2) is 0 Å². The SMILES string of the molecule is C=C(CCN)c1ccc([N+](=O)[O-])cc1OC. The third kappa shape index (κ3) is 2.58. The van der Waals surface area contributed by atoms with E-state index in [-0.39, 0.29) is 5.69 Å². The average Bonchev–Trinajstić information content (AvgIpc) is 2.28. The van der Waals surface area contributed by atoms with Gasteiger partial charge in [0.1, 0.15) is 5.75 Å². The standard InChI is InChI=1S/C11H14N2O3/c1-8(5-6-12)10-4-3-9(13(14)15)7-11(10)16-2/h3-4,7H,1,5-6,12H2,2H3. The molecule has 0 aliphatic carbocycles. The smallest absolute Gasteiger partial charge is 0.273 e. The Morgan fingerprint density at radius 1 is 1.62 bits per heavy atom. The minimum atomic E-state index is -0.460. The Morgan fingerprint density at radius 3 is 2.81 bits per heavy atom. The van der Waals surface area contributed by atoms with Gasteiger partial charge in [-0.05, 0) is 24.6 Å². The Kier molecular flexibility index (Phi) is 4.02. The van der Waals surface area contributed by atoms with E-state index in [9.17, 15) is 10.1 Å². The number of hydrogen-bond acceptors (Lipinski definition) is 4. The fourth-order valence-corrected chi connectivity index (χ4v) is 1.39.